The summed E-state index contributed by atoms with van der Waals surface area (Å²) in [7, 11) is 14.6. The zero-order chi connectivity index (χ0) is 87.4. The molecule has 0 bridgehead atoms. The molecule has 0 radical (unpaired) electrons. The first-order valence-electron chi connectivity index (χ1n) is 36.2. The van der Waals surface area contributed by atoms with Crippen molar-refractivity contribution in [3.8, 4) is 44.4 Å². The average Bonchev–Trinajstić information content (AvgIpc) is 1.65. The Bertz CT molecular complexity index is 5540. The number of nitrogen functional groups attached to an aromatic ring is 1. The molecule has 0 saturated heterocycles. The van der Waals surface area contributed by atoms with Crippen LogP contribution in [0.5, 0.6) is 23.0 Å². The number of aliphatic carboxylic acids is 2. The van der Waals surface area contributed by atoms with E-state index in [9.17, 15) is 56.7 Å². The number of carbonyl (C=O) groups excluding carboxylic acids is 8. The Labute approximate surface area is 702 Å². The maximum absolute atomic E-state index is 14.9. The van der Waals surface area contributed by atoms with Gasteiger partial charge in [-0.1, -0.05) is 97.1 Å². The largest absolute Gasteiger partial charge is 0.481 e. The van der Waals surface area contributed by atoms with Gasteiger partial charge in [0, 0.05) is 145 Å². The SMILES string of the molecule is CN(C(=O)CC(=O)Cc1ccc(Oc2ccnc3cc(-c4nccn4C)sc23)c(F)c1)c1ccccc1.CN(C(=O)CC(=O)O)c1ccccc1.CN(C(=O)CC(=O)O)c1ccccc1.CNc1ccccc1.COC(=O)CC(=O)Cl.COC(=O)CC(=O)N(C)c1ccccc1.Cn1ccnc1-c1cc2nccc(Oc3ccc(N)cc3F)c2s1. The minimum absolute atomic E-state index is 0.0375. The van der Waals surface area contributed by atoms with E-state index in [1.807, 2.05) is 134 Å². The standard InChI is InChI=1S/C28H23FN4O3S.C17H13FN4OS.C11H13NO3.2C10H11NO3.C7H9N.C4H5ClO3/c1-32-13-12-31-28(32)25-17-22-27(37-25)24(10-11-30-22)36-23-9-8-18(15-21(23)29)14-20(34)16-26(35)33(2)19-6-4-3-5-7-19;1-22-7-6-21-17(22)15-9-12-16(24-15)14(4-5-20-12)23-13-3-2-10(19)8-11(13)18;1-12(9-6-4-3-5-7-9)10(13)8-11(14)15-2;2*1-11(9(12)7-10(13)14)8-5-3-2-4-6-8;1-8-7-5-3-2-4-6-7;1-8-4(7)2-3(5)6/h3-13,15,17H,14,16H2,1-2H3;2-9H,19H2,1H3;3-7H,8H2,1-2H3;2*2-6H,7H2,1H3,(H,13,14);2-6,8H,1H3;2H2,1H3. The number of pyridine rings is 2. The number of aryl methyl sites for hydroxylation is 2. The number of carboxylic acids is 2. The summed E-state index contributed by atoms with van der Waals surface area (Å²) in [6.45, 7) is 0. The number of Topliss-reactive ketones (excluding diaryl/α,β-unsaturated/α-hetero) is 1. The van der Waals surface area contributed by atoms with Crippen molar-refractivity contribution >= 4 is 147 Å². The van der Waals surface area contributed by atoms with Crippen LogP contribution in [0.15, 0.2) is 250 Å². The zero-order valence-electron chi connectivity index (χ0n) is 66.5. The van der Waals surface area contributed by atoms with Crippen LogP contribution in [0.25, 0.3) is 41.8 Å². The first kappa shape index (κ1) is 92.8. The van der Waals surface area contributed by atoms with Crippen LogP contribution in [0.2, 0.25) is 0 Å². The topological polar surface area (TPSA) is 361 Å². The number of fused-ring (bicyclic) bond motifs is 2. The summed E-state index contributed by atoms with van der Waals surface area (Å²) in [6, 6.07) is 62.1. The van der Waals surface area contributed by atoms with Crippen molar-refractivity contribution in [1.29, 1.82) is 0 Å². The molecule has 622 valence electrons. The highest BCUT2D eigenvalue weighted by molar-refractivity contribution is 7.22. The second-order valence-corrected chi connectivity index (χ2v) is 27.8. The molecule has 0 unspecified atom stereocenters. The van der Waals surface area contributed by atoms with Gasteiger partial charge in [-0.3, -0.25) is 57.9 Å². The van der Waals surface area contributed by atoms with Gasteiger partial charge in [-0.25, -0.2) is 18.7 Å². The molecule has 0 aliphatic carbocycles. The number of imidazole rings is 2. The molecule has 6 heterocycles. The molecular formula is C87H85ClF2N12O16S2. The van der Waals surface area contributed by atoms with E-state index in [-0.39, 0.29) is 54.8 Å². The number of hydrogen-bond acceptors (Lipinski definition) is 22. The van der Waals surface area contributed by atoms with Crippen molar-refractivity contribution < 1.29 is 85.9 Å². The molecule has 28 nitrogen and oxygen atoms in total. The van der Waals surface area contributed by atoms with Crippen molar-refractivity contribution in [1.82, 2.24) is 29.1 Å². The molecule has 4 amide bonds. The lowest BCUT2D eigenvalue weighted by Gasteiger charge is -2.16. The van der Waals surface area contributed by atoms with Gasteiger partial charge in [0.05, 0.1) is 50.8 Å². The number of aromatic nitrogens is 6. The summed E-state index contributed by atoms with van der Waals surface area (Å²) in [4.78, 5) is 135. The van der Waals surface area contributed by atoms with E-state index in [2.05, 4.69) is 34.7 Å². The van der Waals surface area contributed by atoms with Gasteiger partial charge in [-0.15, -0.1) is 22.7 Å². The van der Waals surface area contributed by atoms with Gasteiger partial charge in [0.25, 0.3) is 0 Å². The highest BCUT2D eigenvalue weighted by Crippen LogP contribution is 2.41. The Morgan fingerprint density at radius 1 is 0.450 bits per heavy atom. The van der Waals surface area contributed by atoms with Crippen LogP contribution in [-0.4, -0.2) is 147 Å². The summed E-state index contributed by atoms with van der Waals surface area (Å²) < 4.78 is 54.6. The van der Waals surface area contributed by atoms with E-state index < -0.39 is 65.4 Å². The number of ether oxygens (including phenoxy) is 4. The number of methoxy groups -OCH3 is 2. The van der Waals surface area contributed by atoms with Gasteiger partial charge >= 0.3 is 23.9 Å². The Morgan fingerprint density at radius 2 is 0.808 bits per heavy atom. The highest BCUT2D eigenvalue weighted by atomic mass is 35.5. The first-order valence-corrected chi connectivity index (χ1v) is 38.2. The van der Waals surface area contributed by atoms with Crippen molar-refractivity contribution in [2.75, 3.05) is 80.1 Å². The lowest BCUT2D eigenvalue weighted by molar-refractivity contribution is -0.144. The third kappa shape index (κ3) is 29.1. The number of amides is 4. The van der Waals surface area contributed by atoms with Crippen LogP contribution >= 0.6 is 34.3 Å². The Morgan fingerprint density at radius 3 is 1.13 bits per heavy atom. The Kier molecular flexibility index (Phi) is 36.3. The number of carboxylic acid groups (broad SMARTS) is 2. The molecule has 33 heteroatoms. The maximum atomic E-state index is 14.9. The van der Waals surface area contributed by atoms with E-state index in [0.29, 0.717) is 39.8 Å². The van der Waals surface area contributed by atoms with Crippen LogP contribution < -0.4 is 40.1 Å². The Hall–Kier alpha value is -14.4. The highest BCUT2D eigenvalue weighted by Gasteiger charge is 2.22. The van der Waals surface area contributed by atoms with Crippen molar-refractivity contribution in [3.63, 3.8) is 0 Å². The van der Waals surface area contributed by atoms with Gasteiger partial charge in [0.15, 0.2) is 23.1 Å². The number of para-hydroxylation sites is 5. The van der Waals surface area contributed by atoms with E-state index in [0.717, 1.165) is 53.2 Å². The van der Waals surface area contributed by atoms with Crippen LogP contribution in [0, 0.1) is 11.6 Å². The molecular weight excluding hydrogens is 1610 g/mol. The number of halogens is 3. The molecule has 0 fully saturated rings. The van der Waals surface area contributed by atoms with Gasteiger partial charge in [-0.05, 0) is 114 Å². The van der Waals surface area contributed by atoms with E-state index in [1.165, 1.54) is 80.8 Å². The number of anilines is 6. The number of nitrogens with one attached hydrogen (secondary N) is 1. The third-order valence-electron chi connectivity index (χ3n) is 16.7. The fraction of sp³-hybridized carbons (Fsp3) is 0.172. The van der Waals surface area contributed by atoms with Gasteiger partial charge in [0.1, 0.15) is 54.6 Å². The summed E-state index contributed by atoms with van der Waals surface area (Å²) in [5, 5.41) is 19.2. The molecule has 0 spiro atoms. The number of carbonyl (C=O) groups is 10. The lowest BCUT2D eigenvalue weighted by atomic mass is 10.1. The second kappa shape index (κ2) is 47.0. The number of nitrogens with zero attached hydrogens (tertiary/aromatic N) is 10. The van der Waals surface area contributed by atoms with Gasteiger partial charge in [-0.2, -0.15) is 0 Å². The average molecular weight is 1690 g/mol. The summed E-state index contributed by atoms with van der Waals surface area (Å²) in [6.07, 6.45) is 8.61. The number of benzene rings is 7. The van der Waals surface area contributed by atoms with E-state index in [1.54, 1.807) is 150 Å². The summed E-state index contributed by atoms with van der Waals surface area (Å²) in [5.41, 5.74) is 11.9. The number of esters is 2. The Balaban J connectivity index is 0.000000207. The smallest absolute Gasteiger partial charge is 0.315 e. The molecule has 120 heavy (non-hydrogen) atoms. The van der Waals surface area contributed by atoms with Crippen molar-refractivity contribution in [2.45, 2.75) is 38.5 Å². The number of ketones is 1. The second-order valence-electron chi connectivity index (χ2n) is 25.3. The van der Waals surface area contributed by atoms with Gasteiger partial charge in [0.2, 0.25) is 28.9 Å². The minimum Gasteiger partial charge on any atom is -0.481 e. The van der Waals surface area contributed by atoms with Crippen LogP contribution in [0.4, 0.5) is 42.9 Å². The molecule has 0 atom stereocenters. The van der Waals surface area contributed by atoms with Crippen LogP contribution in [-0.2, 0) is 77.9 Å². The third-order valence-corrected chi connectivity index (χ3v) is 19.2. The van der Waals surface area contributed by atoms with Crippen molar-refractivity contribution in [3.05, 3.63) is 267 Å². The normalized spacial score (nSPS) is 10.1. The van der Waals surface area contributed by atoms with Gasteiger partial charge < -0.3 is 68.9 Å². The quantitative estimate of drug-likeness (QED) is 0.0200. The molecule has 0 aliphatic heterocycles. The molecule has 13 rings (SSSR count). The predicted molar refractivity (Wildman–Crippen MR) is 458 cm³/mol. The molecule has 0 saturated carbocycles. The van der Waals surface area contributed by atoms with Crippen LogP contribution in [0.3, 0.4) is 0 Å². The molecule has 6 aromatic heterocycles. The number of rotatable bonds is 23. The lowest BCUT2D eigenvalue weighted by Crippen LogP contribution is -2.28. The molecule has 0 aliphatic rings. The summed E-state index contributed by atoms with van der Waals surface area (Å²) in [5.74, 6) is -3.35. The first-order chi connectivity index (χ1) is 57.5. The monoisotopic (exact) mass is 1690 g/mol. The van der Waals surface area contributed by atoms with Crippen molar-refractivity contribution in [2.24, 2.45) is 14.1 Å². The predicted octanol–water partition coefficient (Wildman–Crippen LogP) is 15.5. The fourth-order valence-corrected chi connectivity index (χ4v) is 12.7. The minimum atomic E-state index is -1.11. The number of hydrogen-bond donors (Lipinski definition) is 4. The van der Waals surface area contributed by atoms with E-state index in [4.69, 9.17) is 37.0 Å². The number of nitrogens with two attached hydrogens (primary N) is 1. The van der Waals surface area contributed by atoms with Crippen LogP contribution in [0.1, 0.15) is 37.7 Å². The molecule has 7 aromatic carbocycles. The zero-order valence-corrected chi connectivity index (χ0v) is 68.9. The summed E-state index contributed by atoms with van der Waals surface area (Å²) >= 11 is 7.78. The molecule has 13 aromatic rings. The van der Waals surface area contributed by atoms with E-state index >= 15 is 0 Å². The fourth-order valence-electron chi connectivity index (χ4n) is 10.4. The molecule has 5 N–H and O–H groups in total. The number of thiophene rings is 2. The maximum Gasteiger partial charge on any atom is 0.315 e.